The van der Waals surface area contributed by atoms with Crippen LogP contribution in [0, 0.1) is 12.3 Å². The van der Waals surface area contributed by atoms with Gasteiger partial charge in [0.1, 0.15) is 29.9 Å². The van der Waals surface area contributed by atoms with E-state index in [1.165, 1.54) is 34.1 Å². The van der Waals surface area contributed by atoms with Gasteiger partial charge in [0.15, 0.2) is 0 Å². The largest absolute Gasteiger partial charge is 0.398 e. The van der Waals surface area contributed by atoms with Gasteiger partial charge < -0.3 is 56.1 Å². The Balaban J connectivity index is 0.752. The summed E-state index contributed by atoms with van der Waals surface area (Å²) in [5.74, 6) is -3.39. The van der Waals surface area contributed by atoms with Crippen LogP contribution in [0.4, 0.5) is 5.69 Å². The minimum absolute atomic E-state index is 0.0493. The number of aryl methyl sites for hydroxylation is 3. The van der Waals surface area contributed by atoms with E-state index in [-0.39, 0.29) is 75.4 Å². The molecule has 7 aromatic rings. The van der Waals surface area contributed by atoms with Crippen molar-refractivity contribution in [3.05, 3.63) is 153 Å². The number of para-hydroxylation sites is 1. The Morgan fingerprint density at radius 1 is 0.889 bits per heavy atom. The topological polar surface area (TPSA) is 322 Å². The number of likely N-dealkylation sites (tertiary alicyclic amines) is 1. The molecule has 9 N–H and O–H groups in total. The van der Waals surface area contributed by atoms with Gasteiger partial charge in [-0.3, -0.25) is 47.8 Å². The lowest BCUT2D eigenvalue weighted by Gasteiger charge is -2.35. The number of hydrogen-bond acceptors (Lipinski definition) is 14. The van der Waals surface area contributed by atoms with Crippen molar-refractivity contribution in [2.45, 2.75) is 142 Å². The van der Waals surface area contributed by atoms with Crippen LogP contribution < -0.4 is 31.9 Å². The number of nitrogens with zero attached hydrogens (tertiary/aromatic N) is 3. The molecular weight excluding hydrogens is 1190 g/mol. The summed E-state index contributed by atoms with van der Waals surface area (Å²) >= 11 is 1.56. The molecular formula is C66H74N9O13PS. The van der Waals surface area contributed by atoms with E-state index in [2.05, 4.69) is 35.8 Å². The third-order valence-corrected chi connectivity index (χ3v) is 19.4. The lowest BCUT2D eigenvalue weighted by molar-refractivity contribution is -0.144. The van der Waals surface area contributed by atoms with Crippen molar-refractivity contribution in [2.75, 3.05) is 18.6 Å². The fourth-order valence-electron chi connectivity index (χ4n) is 12.2. The lowest BCUT2D eigenvalue weighted by atomic mass is 9.85. The molecule has 0 aliphatic carbocycles. The number of benzene rings is 5. The minimum Gasteiger partial charge on any atom is -0.391 e. The van der Waals surface area contributed by atoms with Crippen molar-refractivity contribution in [2.24, 2.45) is 11.1 Å². The summed E-state index contributed by atoms with van der Waals surface area (Å²) in [7, 11) is -3.61. The third kappa shape index (κ3) is 14.3. The highest BCUT2D eigenvalue weighted by atomic mass is 32.1. The molecule has 1 saturated heterocycles. The zero-order valence-electron chi connectivity index (χ0n) is 50.9. The van der Waals surface area contributed by atoms with E-state index in [0.29, 0.717) is 29.4 Å². The summed E-state index contributed by atoms with van der Waals surface area (Å²) in [5.41, 5.74) is 12.8. The van der Waals surface area contributed by atoms with E-state index in [9.17, 15) is 52.9 Å². The second-order valence-corrected chi connectivity index (χ2v) is 27.1. The Kier molecular flexibility index (Phi) is 19.3. The smallest absolute Gasteiger partial charge is 0.391 e. The molecule has 1 fully saturated rings. The molecule has 0 spiro atoms. The number of rotatable bonds is 23. The maximum atomic E-state index is 14.7. The average molecular weight is 1260 g/mol. The number of nitrogens with two attached hydrogens (primary N) is 1. The van der Waals surface area contributed by atoms with Gasteiger partial charge in [-0.15, -0.1) is 11.3 Å². The van der Waals surface area contributed by atoms with E-state index in [0.717, 1.165) is 61.8 Å². The van der Waals surface area contributed by atoms with Crippen LogP contribution >= 0.6 is 18.9 Å². The molecule has 0 saturated carbocycles. The molecule has 472 valence electrons. The first kappa shape index (κ1) is 64.5. The van der Waals surface area contributed by atoms with Gasteiger partial charge in [-0.05, 0) is 119 Å². The summed E-state index contributed by atoms with van der Waals surface area (Å²) in [6.45, 7) is 9.55. The Bertz CT molecular complexity index is 3990. The van der Waals surface area contributed by atoms with Crippen LogP contribution in [0.25, 0.3) is 32.1 Å². The second-order valence-electron chi connectivity index (χ2n) is 24.5. The van der Waals surface area contributed by atoms with Crippen molar-refractivity contribution in [1.82, 2.24) is 36.1 Å². The number of aromatic nitrogens is 2. The van der Waals surface area contributed by atoms with Crippen LogP contribution in [0.2, 0.25) is 0 Å². The molecule has 8 atom stereocenters. The molecule has 5 heterocycles. The van der Waals surface area contributed by atoms with Crippen LogP contribution in [0.15, 0.2) is 109 Å². The summed E-state index contributed by atoms with van der Waals surface area (Å²) in [4.78, 5) is 131. The number of amides is 7. The van der Waals surface area contributed by atoms with E-state index in [1.807, 2.05) is 107 Å². The lowest BCUT2D eigenvalue weighted by Crippen LogP contribution is -2.57. The zero-order valence-corrected chi connectivity index (χ0v) is 52.6. The van der Waals surface area contributed by atoms with Crippen LogP contribution in [0.5, 0.6) is 0 Å². The quantitative estimate of drug-likeness (QED) is 0.0305. The van der Waals surface area contributed by atoms with Gasteiger partial charge in [0.2, 0.25) is 35.4 Å². The number of nitrogens with one attached hydrogen (secondary N) is 5. The Morgan fingerprint density at radius 2 is 1.63 bits per heavy atom. The van der Waals surface area contributed by atoms with E-state index < -0.39 is 96.4 Å². The number of ether oxygens (including phenoxy) is 1. The zero-order chi connectivity index (χ0) is 64.3. The van der Waals surface area contributed by atoms with Gasteiger partial charge in [0, 0.05) is 62.3 Å². The number of carbonyl (C=O) groups excluding carboxylic acids is 8. The highest BCUT2D eigenvalue weighted by Gasteiger charge is 2.46. The molecule has 5 aromatic carbocycles. The molecule has 0 bridgehead atoms. The Labute approximate surface area is 524 Å². The summed E-state index contributed by atoms with van der Waals surface area (Å²) < 4.78 is 23.2. The van der Waals surface area contributed by atoms with Gasteiger partial charge in [0.25, 0.3) is 11.4 Å². The fourth-order valence-corrected chi connectivity index (χ4v) is 13.6. The first-order valence-corrected chi connectivity index (χ1v) is 32.4. The van der Waals surface area contributed by atoms with Crippen molar-refractivity contribution < 1.29 is 62.2 Å². The molecule has 0 radical (unpaired) electrons. The summed E-state index contributed by atoms with van der Waals surface area (Å²) in [5, 5.41) is 24.8. The fraction of sp³-hybridized carbons (Fsp3) is 0.379. The number of fused-ring (bicyclic) bond motifs is 2. The van der Waals surface area contributed by atoms with Gasteiger partial charge >= 0.3 is 7.60 Å². The van der Waals surface area contributed by atoms with Crippen molar-refractivity contribution in [1.29, 1.82) is 0 Å². The number of β-amino-alcohol motifs (C(OH)–C–C–N with tert-alkyl or cyclic N) is 1. The summed E-state index contributed by atoms with van der Waals surface area (Å²) in [6, 6.07) is 26.0. The number of aliphatic hydroxyl groups is 1. The van der Waals surface area contributed by atoms with Crippen molar-refractivity contribution in [3.63, 3.8) is 0 Å². The van der Waals surface area contributed by atoms with Crippen LogP contribution in [-0.2, 0) is 75.0 Å². The van der Waals surface area contributed by atoms with Crippen LogP contribution in [0.3, 0.4) is 0 Å². The first-order valence-electron chi connectivity index (χ1n) is 29.9. The molecule has 90 heavy (non-hydrogen) atoms. The Hall–Kier alpha value is -8.44. The van der Waals surface area contributed by atoms with Gasteiger partial charge in [0.05, 0.1) is 46.6 Å². The van der Waals surface area contributed by atoms with Crippen LogP contribution in [-0.4, -0.2) is 128 Å². The van der Waals surface area contributed by atoms with E-state index in [1.54, 1.807) is 23.8 Å². The SMILES string of the molecule is COP(=O)(O)C(=O)c1ccc2[nH]c(C(=O)N[C@H]3CCc4cccc5c4N(C3=O)[C@H](C(=O)N[C@@H](CCC(N)=O)[C@@H](C)OCc3ccc4c(CCC(=O)N[C@H](C(=O)N6C[C@H](O)C[C@H]6C(=O)NCc6ccc(-c7scnc7C)cc6)C(C)(C)C)cccc4c3)C5)cc2c1. The molecule has 24 heteroatoms. The number of H-pyrrole nitrogens is 1. The third-order valence-electron chi connectivity index (χ3n) is 17.1. The average Bonchev–Trinajstić information content (AvgIpc) is 1.61. The van der Waals surface area contributed by atoms with Gasteiger partial charge in [-0.2, -0.15) is 0 Å². The molecule has 22 nitrogen and oxygen atoms in total. The van der Waals surface area contributed by atoms with Crippen molar-refractivity contribution >= 4 is 93.2 Å². The monoisotopic (exact) mass is 1260 g/mol. The number of aliphatic hydroxyl groups excluding tert-OH is 1. The maximum Gasteiger partial charge on any atom is 0.398 e. The predicted molar refractivity (Wildman–Crippen MR) is 339 cm³/mol. The molecule has 3 aliphatic rings. The standard InChI is InChI=1S/C66H74N9O13PS/c1-36-58(90-35-69-36)42-16-13-38(14-17-42)32-68-61(80)53-31-47(76)33-74(53)64(83)59(66(3,4)5)73-56(78)26-20-40-9-7-11-43-27-39(15-21-48(40)43)34-88-37(2)49(24-25-55(67)77)71-62(81)54-30-44-12-8-10-41-18-23-51(63(82)75(54)57(41)44)72-60(79)52-29-46-28-45(19-22-50(46)70-52)65(84)89(85,86)87-6/h7-17,19,21-22,27-29,35,37,47,49,51,53-54,59,70,76H,18,20,23-26,30-34H2,1-6H3,(H2,67,77)(H,68,80)(H,71,81)(H,72,79)(H,73,78)(H,85,86)/t37-,47-,49+,51+,53+,54+,59-/m1/s1. The highest BCUT2D eigenvalue weighted by molar-refractivity contribution is 7.71. The Morgan fingerprint density at radius 3 is 2.36 bits per heavy atom. The van der Waals surface area contributed by atoms with Gasteiger partial charge in [-0.1, -0.05) is 93.6 Å². The number of anilines is 1. The maximum absolute atomic E-state index is 14.7. The number of carbonyl (C=O) groups is 8. The van der Waals surface area contributed by atoms with Gasteiger partial charge in [-0.25, -0.2) is 4.98 Å². The number of hydrogen-bond donors (Lipinski definition) is 8. The summed E-state index contributed by atoms with van der Waals surface area (Å²) in [6.07, 6.45) is -0.218. The van der Waals surface area contributed by atoms with E-state index in [4.69, 9.17) is 10.5 Å². The van der Waals surface area contributed by atoms with Crippen LogP contribution in [0.1, 0.15) is 114 Å². The first-order chi connectivity index (χ1) is 42.9. The molecule has 10 rings (SSSR count). The minimum atomic E-state index is -4.57. The van der Waals surface area contributed by atoms with Crippen molar-refractivity contribution in [3.8, 4) is 10.4 Å². The van der Waals surface area contributed by atoms with E-state index >= 15 is 0 Å². The molecule has 2 aromatic heterocycles. The number of aromatic amines is 1. The molecule has 1 unspecified atom stereocenters. The normalized spacial score (nSPS) is 18.9. The highest BCUT2D eigenvalue weighted by Crippen LogP contribution is 2.45. The molecule has 3 aliphatic heterocycles. The predicted octanol–water partition coefficient (Wildman–Crippen LogP) is 6.82. The second kappa shape index (κ2) is 26.9. The number of thiazole rings is 1. The molecule has 7 amide bonds. The number of primary amides is 1.